The Balaban J connectivity index is 1.20. The Morgan fingerprint density at radius 1 is 0.973 bits per heavy atom. The molecule has 0 saturated carbocycles. The van der Waals surface area contributed by atoms with E-state index in [-0.39, 0.29) is 29.7 Å². The van der Waals surface area contributed by atoms with Gasteiger partial charge in [0.25, 0.3) is 5.91 Å². The number of carbonyl (C=O) groups excluding carboxylic acids is 1. The molecule has 1 aromatic heterocycles. The van der Waals surface area contributed by atoms with E-state index in [9.17, 15) is 9.90 Å². The number of aryl methyl sites for hydroxylation is 1. The Labute approximate surface area is 216 Å². The zero-order valence-electron chi connectivity index (χ0n) is 20.8. The molecule has 2 aliphatic rings. The number of phenolic OH excluding ortho intramolecular Hbond substituents is 1. The summed E-state index contributed by atoms with van der Waals surface area (Å²) in [6.07, 6.45) is 4.27. The predicted octanol–water partition coefficient (Wildman–Crippen LogP) is 4.24. The number of unbranched alkanes of at least 4 members (excludes halogenated alkanes) is 1. The minimum Gasteiger partial charge on any atom is -0.508 e. The SMILES string of the molecule is NCCCCn1ccc2ccc(CNCC3Nc4ccccc4C3C3NC(=O)c4ccc(O)cc43)cc21. The summed E-state index contributed by atoms with van der Waals surface area (Å²) in [5, 5.41) is 21.9. The fourth-order valence-corrected chi connectivity index (χ4v) is 5.94. The van der Waals surface area contributed by atoms with Gasteiger partial charge in [0.15, 0.2) is 0 Å². The molecule has 0 fully saturated rings. The number of nitrogens with zero attached hydrogens (tertiary/aromatic N) is 1. The summed E-state index contributed by atoms with van der Waals surface area (Å²) >= 11 is 0. The van der Waals surface area contributed by atoms with E-state index in [4.69, 9.17) is 5.73 Å². The van der Waals surface area contributed by atoms with Crippen molar-refractivity contribution in [3.63, 3.8) is 0 Å². The van der Waals surface area contributed by atoms with E-state index in [1.54, 1.807) is 18.2 Å². The first-order valence-corrected chi connectivity index (χ1v) is 13.1. The summed E-state index contributed by atoms with van der Waals surface area (Å²) < 4.78 is 2.31. The van der Waals surface area contributed by atoms with Gasteiger partial charge in [-0.25, -0.2) is 0 Å². The molecule has 37 heavy (non-hydrogen) atoms. The molecule has 190 valence electrons. The third-order valence-corrected chi connectivity index (χ3v) is 7.74. The number of benzene rings is 3. The molecular weight excluding hydrogens is 462 g/mol. The van der Waals surface area contributed by atoms with Crippen LogP contribution < -0.4 is 21.7 Å². The van der Waals surface area contributed by atoms with Gasteiger partial charge in [0.1, 0.15) is 5.75 Å². The topological polar surface area (TPSA) is 104 Å². The van der Waals surface area contributed by atoms with E-state index in [0.717, 1.165) is 50.3 Å². The van der Waals surface area contributed by atoms with Crippen LogP contribution in [0.4, 0.5) is 5.69 Å². The van der Waals surface area contributed by atoms with E-state index in [1.807, 2.05) is 12.1 Å². The number of aromatic nitrogens is 1. The predicted molar refractivity (Wildman–Crippen MR) is 147 cm³/mol. The van der Waals surface area contributed by atoms with Gasteiger partial charge in [-0.1, -0.05) is 30.3 Å². The number of para-hydroxylation sites is 1. The molecule has 6 N–H and O–H groups in total. The van der Waals surface area contributed by atoms with Crippen LogP contribution in [0.15, 0.2) is 72.9 Å². The molecule has 0 saturated heterocycles. The first-order chi connectivity index (χ1) is 18.1. The molecule has 2 aliphatic heterocycles. The first kappa shape index (κ1) is 23.6. The lowest BCUT2D eigenvalue weighted by molar-refractivity contribution is 0.0951. The Hall–Kier alpha value is -3.81. The molecule has 6 rings (SSSR count). The highest BCUT2D eigenvalue weighted by molar-refractivity contribution is 5.99. The van der Waals surface area contributed by atoms with Crippen LogP contribution >= 0.6 is 0 Å². The summed E-state index contributed by atoms with van der Waals surface area (Å²) in [4.78, 5) is 12.7. The zero-order valence-corrected chi connectivity index (χ0v) is 20.8. The minimum atomic E-state index is -0.203. The van der Waals surface area contributed by atoms with Crippen molar-refractivity contribution < 1.29 is 9.90 Å². The molecule has 7 heteroatoms. The third-order valence-electron chi connectivity index (χ3n) is 7.74. The summed E-state index contributed by atoms with van der Waals surface area (Å²) in [5.74, 6) is 0.133. The van der Waals surface area contributed by atoms with Crippen molar-refractivity contribution in [1.29, 1.82) is 0 Å². The van der Waals surface area contributed by atoms with Gasteiger partial charge in [-0.15, -0.1) is 0 Å². The second kappa shape index (κ2) is 9.92. The van der Waals surface area contributed by atoms with Crippen molar-refractivity contribution in [1.82, 2.24) is 15.2 Å². The van der Waals surface area contributed by atoms with Crippen molar-refractivity contribution in [3.05, 3.63) is 95.2 Å². The van der Waals surface area contributed by atoms with Gasteiger partial charge in [-0.05, 0) is 77.9 Å². The fraction of sp³-hybridized carbons (Fsp3) is 0.300. The number of nitrogens with two attached hydrogens (primary N) is 1. The van der Waals surface area contributed by atoms with Gasteiger partial charge < -0.3 is 31.4 Å². The lowest BCUT2D eigenvalue weighted by atomic mass is 9.84. The second-order valence-corrected chi connectivity index (χ2v) is 10.1. The van der Waals surface area contributed by atoms with Crippen LogP contribution in [-0.2, 0) is 13.1 Å². The smallest absolute Gasteiger partial charge is 0.252 e. The third kappa shape index (κ3) is 4.45. The molecule has 3 heterocycles. The van der Waals surface area contributed by atoms with E-state index >= 15 is 0 Å². The van der Waals surface area contributed by atoms with E-state index in [0.29, 0.717) is 5.56 Å². The maximum atomic E-state index is 12.7. The lowest BCUT2D eigenvalue weighted by Crippen LogP contribution is -2.38. The Kier molecular flexibility index (Phi) is 6.32. The lowest BCUT2D eigenvalue weighted by Gasteiger charge is -2.27. The molecule has 3 unspecified atom stereocenters. The molecule has 4 aromatic rings. The van der Waals surface area contributed by atoms with Crippen LogP contribution in [0.2, 0.25) is 0 Å². The number of hydrogen-bond acceptors (Lipinski definition) is 5. The van der Waals surface area contributed by atoms with Crippen LogP contribution in [0.25, 0.3) is 10.9 Å². The van der Waals surface area contributed by atoms with Crippen molar-refractivity contribution in [2.75, 3.05) is 18.4 Å². The highest BCUT2D eigenvalue weighted by Crippen LogP contribution is 2.46. The zero-order chi connectivity index (χ0) is 25.4. The van der Waals surface area contributed by atoms with Gasteiger partial charge in [0.2, 0.25) is 0 Å². The molecule has 0 bridgehead atoms. The number of aromatic hydroxyl groups is 1. The summed E-state index contributed by atoms with van der Waals surface area (Å²) in [6.45, 7) is 3.19. The summed E-state index contributed by atoms with van der Waals surface area (Å²) in [7, 11) is 0. The van der Waals surface area contributed by atoms with Crippen molar-refractivity contribution in [2.45, 2.75) is 43.9 Å². The number of phenols is 1. The Bertz CT molecular complexity index is 1450. The number of anilines is 1. The number of hydrogen-bond donors (Lipinski definition) is 5. The van der Waals surface area contributed by atoms with E-state index in [1.165, 1.54) is 22.0 Å². The standard InChI is InChI=1S/C30H33N5O2/c31-12-3-4-13-35-14-11-20-8-7-19(15-27(20)35)17-32-18-26-28(23-5-1-2-6-25(23)33-26)29-24-16-21(36)9-10-22(24)30(37)34-29/h1-2,5-11,14-16,26,28-29,32-33,36H,3-4,12-13,17-18,31H2,(H,34,37). The van der Waals surface area contributed by atoms with E-state index < -0.39 is 0 Å². The van der Waals surface area contributed by atoms with Crippen LogP contribution in [0.1, 0.15) is 51.8 Å². The maximum Gasteiger partial charge on any atom is 0.252 e. The van der Waals surface area contributed by atoms with Crippen LogP contribution in [0, 0.1) is 0 Å². The highest BCUT2D eigenvalue weighted by atomic mass is 16.3. The number of fused-ring (bicyclic) bond motifs is 3. The molecule has 0 radical (unpaired) electrons. The van der Waals surface area contributed by atoms with Gasteiger partial charge in [-0.3, -0.25) is 4.79 Å². The molecular formula is C30H33N5O2. The second-order valence-electron chi connectivity index (χ2n) is 10.1. The first-order valence-electron chi connectivity index (χ1n) is 13.1. The van der Waals surface area contributed by atoms with Crippen LogP contribution in [0.5, 0.6) is 5.75 Å². The van der Waals surface area contributed by atoms with Gasteiger partial charge in [0, 0.05) is 54.6 Å². The van der Waals surface area contributed by atoms with Crippen molar-refractivity contribution in [2.24, 2.45) is 5.73 Å². The van der Waals surface area contributed by atoms with Crippen LogP contribution in [-0.4, -0.2) is 34.7 Å². The normalized spacial score (nSPS) is 20.0. The summed E-state index contributed by atoms with van der Waals surface area (Å²) in [6, 6.07) is 22.0. The number of rotatable bonds is 9. The molecule has 0 spiro atoms. The molecule has 0 aliphatic carbocycles. The summed E-state index contributed by atoms with van der Waals surface area (Å²) in [5.41, 5.74) is 12.0. The van der Waals surface area contributed by atoms with Gasteiger partial charge >= 0.3 is 0 Å². The number of amides is 1. The molecule has 7 nitrogen and oxygen atoms in total. The highest BCUT2D eigenvalue weighted by Gasteiger charge is 2.43. The maximum absolute atomic E-state index is 12.7. The average Bonchev–Trinajstić information content (AvgIpc) is 3.57. The van der Waals surface area contributed by atoms with Crippen molar-refractivity contribution >= 4 is 22.5 Å². The Morgan fingerprint density at radius 2 is 1.86 bits per heavy atom. The van der Waals surface area contributed by atoms with Gasteiger partial charge in [0.05, 0.1) is 6.04 Å². The quantitative estimate of drug-likeness (QED) is 0.224. The molecule has 3 aromatic carbocycles. The van der Waals surface area contributed by atoms with Crippen molar-refractivity contribution in [3.8, 4) is 5.75 Å². The number of carbonyl (C=O) groups is 1. The van der Waals surface area contributed by atoms with E-state index in [2.05, 4.69) is 63.1 Å². The average molecular weight is 496 g/mol. The fourth-order valence-electron chi connectivity index (χ4n) is 5.94. The largest absolute Gasteiger partial charge is 0.508 e. The molecule has 1 amide bonds. The van der Waals surface area contributed by atoms with Gasteiger partial charge in [-0.2, -0.15) is 0 Å². The minimum absolute atomic E-state index is 0.0398. The van der Waals surface area contributed by atoms with Crippen LogP contribution in [0.3, 0.4) is 0 Å². The Morgan fingerprint density at radius 3 is 2.76 bits per heavy atom. The monoisotopic (exact) mass is 495 g/mol. The number of nitrogens with one attached hydrogen (secondary N) is 3. The molecule has 3 atom stereocenters.